The van der Waals surface area contributed by atoms with Gasteiger partial charge < -0.3 is 20.7 Å². The molecule has 1 unspecified atom stereocenters. The normalized spacial score (nSPS) is 19.2. The number of rotatable bonds is 3. The molecule has 1 fully saturated rings. The van der Waals surface area contributed by atoms with Crippen molar-refractivity contribution in [3.63, 3.8) is 0 Å². The predicted octanol–water partition coefficient (Wildman–Crippen LogP) is 1.14. The van der Waals surface area contributed by atoms with Gasteiger partial charge in [-0.1, -0.05) is 0 Å². The van der Waals surface area contributed by atoms with Crippen LogP contribution >= 0.6 is 0 Å². The number of nitrogens with zero attached hydrogens (tertiary/aromatic N) is 1. The zero-order valence-electron chi connectivity index (χ0n) is 11.7. The number of nitrogens with two attached hydrogens (primary N) is 1. The Morgan fingerprint density at radius 1 is 1.55 bits per heavy atom. The molecule has 1 heterocycles. The summed E-state index contributed by atoms with van der Waals surface area (Å²) >= 11 is 0. The van der Waals surface area contributed by atoms with Crippen molar-refractivity contribution in [3.8, 4) is 0 Å². The third-order valence-corrected chi connectivity index (χ3v) is 3.14. The summed E-state index contributed by atoms with van der Waals surface area (Å²) < 4.78 is 19.4. The molecule has 1 aromatic rings. The first-order valence-corrected chi connectivity index (χ1v) is 6.69. The third kappa shape index (κ3) is 3.19. The van der Waals surface area contributed by atoms with Gasteiger partial charge in [0.05, 0.1) is 18.9 Å². The summed E-state index contributed by atoms with van der Waals surface area (Å²) in [6.07, 6.45) is 0. The van der Waals surface area contributed by atoms with E-state index in [1.54, 1.807) is 17.0 Å². The van der Waals surface area contributed by atoms with E-state index in [1.807, 2.05) is 13.8 Å². The minimum atomic E-state index is -0.524. The SMILES string of the molecule is CC(C)NC(=O)C1COCCN1c1ccc(N)cc1F. The van der Waals surface area contributed by atoms with Gasteiger partial charge in [0.15, 0.2) is 0 Å². The molecule has 0 aliphatic carbocycles. The van der Waals surface area contributed by atoms with Crippen LogP contribution in [0, 0.1) is 5.82 Å². The molecule has 0 bridgehead atoms. The summed E-state index contributed by atoms with van der Waals surface area (Å²) in [5.41, 5.74) is 6.30. The number of hydrogen-bond donors (Lipinski definition) is 2. The Bertz CT molecular complexity index is 493. The fourth-order valence-electron chi connectivity index (χ4n) is 2.25. The summed E-state index contributed by atoms with van der Waals surface area (Å²) in [5, 5.41) is 2.84. The standard InChI is InChI=1S/C14H20FN3O2/c1-9(2)17-14(19)13-8-20-6-5-18(13)12-4-3-10(16)7-11(12)15/h3-4,7,9,13H,5-6,8,16H2,1-2H3,(H,17,19). The van der Waals surface area contributed by atoms with Crippen molar-refractivity contribution >= 4 is 17.3 Å². The lowest BCUT2D eigenvalue weighted by Crippen LogP contribution is -2.55. The Balaban J connectivity index is 2.24. The topological polar surface area (TPSA) is 67.6 Å². The molecule has 0 spiro atoms. The summed E-state index contributed by atoms with van der Waals surface area (Å²) in [6.45, 7) is 4.96. The number of amides is 1. The number of nitrogen functional groups attached to an aromatic ring is 1. The second kappa shape index (κ2) is 6.09. The third-order valence-electron chi connectivity index (χ3n) is 3.14. The van der Waals surface area contributed by atoms with E-state index in [4.69, 9.17) is 10.5 Å². The number of carbonyl (C=O) groups excluding carboxylic acids is 1. The highest BCUT2D eigenvalue weighted by Crippen LogP contribution is 2.25. The van der Waals surface area contributed by atoms with Crippen LogP contribution in [0.1, 0.15) is 13.8 Å². The second-order valence-corrected chi connectivity index (χ2v) is 5.16. The van der Waals surface area contributed by atoms with Crippen molar-refractivity contribution < 1.29 is 13.9 Å². The van der Waals surface area contributed by atoms with Crippen LogP contribution in [-0.2, 0) is 9.53 Å². The molecule has 3 N–H and O–H groups in total. The largest absolute Gasteiger partial charge is 0.399 e. The molecule has 2 rings (SSSR count). The van der Waals surface area contributed by atoms with Crippen molar-refractivity contribution in [1.29, 1.82) is 0 Å². The molecule has 0 radical (unpaired) electrons. The molecule has 0 saturated carbocycles. The Labute approximate surface area is 117 Å². The van der Waals surface area contributed by atoms with E-state index in [-0.39, 0.29) is 18.6 Å². The number of benzene rings is 1. The van der Waals surface area contributed by atoms with E-state index in [9.17, 15) is 9.18 Å². The fourth-order valence-corrected chi connectivity index (χ4v) is 2.25. The summed E-state index contributed by atoms with van der Waals surface area (Å²) in [7, 11) is 0. The molecule has 6 heteroatoms. The van der Waals surface area contributed by atoms with Crippen LogP contribution in [0.3, 0.4) is 0 Å². The van der Waals surface area contributed by atoms with Crippen LogP contribution in [0.25, 0.3) is 0 Å². The number of ether oxygens (including phenoxy) is 1. The highest BCUT2D eigenvalue weighted by molar-refractivity contribution is 5.86. The zero-order chi connectivity index (χ0) is 14.7. The number of halogens is 1. The molecule has 0 aromatic heterocycles. The van der Waals surface area contributed by atoms with Crippen molar-refractivity contribution in [3.05, 3.63) is 24.0 Å². The molecule has 1 saturated heterocycles. The predicted molar refractivity (Wildman–Crippen MR) is 76.0 cm³/mol. The van der Waals surface area contributed by atoms with Crippen LogP contribution in [0.2, 0.25) is 0 Å². The van der Waals surface area contributed by atoms with Gasteiger partial charge in [0.25, 0.3) is 0 Å². The average molecular weight is 281 g/mol. The van der Waals surface area contributed by atoms with E-state index in [0.717, 1.165) is 0 Å². The zero-order valence-corrected chi connectivity index (χ0v) is 11.7. The van der Waals surface area contributed by atoms with Crippen molar-refractivity contribution in [2.45, 2.75) is 25.9 Å². The second-order valence-electron chi connectivity index (χ2n) is 5.16. The minimum Gasteiger partial charge on any atom is -0.399 e. The minimum absolute atomic E-state index is 0.0301. The van der Waals surface area contributed by atoms with E-state index in [0.29, 0.717) is 24.5 Å². The van der Waals surface area contributed by atoms with Gasteiger partial charge in [-0.15, -0.1) is 0 Å². The first-order valence-electron chi connectivity index (χ1n) is 6.69. The van der Waals surface area contributed by atoms with E-state index >= 15 is 0 Å². The van der Waals surface area contributed by atoms with Crippen molar-refractivity contribution in [1.82, 2.24) is 5.32 Å². The molecular formula is C14H20FN3O2. The van der Waals surface area contributed by atoms with Crippen molar-refractivity contribution in [2.75, 3.05) is 30.4 Å². The summed E-state index contributed by atoms with van der Waals surface area (Å²) in [6, 6.07) is 4.01. The van der Waals surface area contributed by atoms with Crippen LogP contribution in [0.15, 0.2) is 18.2 Å². The first kappa shape index (κ1) is 14.6. The lowest BCUT2D eigenvalue weighted by atomic mass is 10.1. The molecule has 1 aliphatic heterocycles. The number of nitrogens with one attached hydrogen (secondary N) is 1. The van der Waals surface area contributed by atoms with Gasteiger partial charge in [0.2, 0.25) is 5.91 Å². The van der Waals surface area contributed by atoms with Gasteiger partial charge in [-0.3, -0.25) is 4.79 Å². The van der Waals surface area contributed by atoms with Gasteiger partial charge >= 0.3 is 0 Å². The highest BCUT2D eigenvalue weighted by Gasteiger charge is 2.31. The maximum absolute atomic E-state index is 14.0. The van der Waals surface area contributed by atoms with Gasteiger partial charge in [-0.25, -0.2) is 4.39 Å². The maximum atomic E-state index is 14.0. The molecule has 110 valence electrons. The quantitative estimate of drug-likeness (QED) is 0.815. The van der Waals surface area contributed by atoms with Crippen molar-refractivity contribution in [2.24, 2.45) is 0 Å². The lowest BCUT2D eigenvalue weighted by molar-refractivity contribution is -0.125. The Hall–Kier alpha value is -1.82. The van der Waals surface area contributed by atoms with Gasteiger partial charge in [0.1, 0.15) is 11.9 Å². The van der Waals surface area contributed by atoms with E-state index in [1.165, 1.54) is 6.07 Å². The van der Waals surface area contributed by atoms with E-state index in [2.05, 4.69) is 5.32 Å². The van der Waals surface area contributed by atoms with Gasteiger partial charge in [-0.05, 0) is 32.0 Å². The number of carbonyl (C=O) groups is 1. The molecule has 5 nitrogen and oxygen atoms in total. The van der Waals surface area contributed by atoms with Gasteiger partial charge in [0, 0.05) is 18.3 Å². The monoisotopic (exact) mass is 281 g/mol. The smallest absolute Gasteiger partial charge is 0.245 e. The van der Waals surface area contributed by atoms with Crippen LogP contribution < -0.4 is 16.0 Å². The maximum Gasteiger partial charge on any atom is 0.245 e. The number of anilines is 2. The number of morpholine rings is 1. The molecule has 20 heavy (non-hydrogen) atoms. The molecular weight excluding hydrogens is 261 g/mol. The highest BCUT2D eigenvalue weighted by atomic mass is 19.1. The van der Waals surface area contributed by atoms with Gasteiger partial charge in [-0.2, -0.15) is 0 Å². The van der Waals surface area contributed by atoms with Crippen LogP contribution in [0.5, 0.6) is 0 Å². The molecule has 1 atom stereocenters. The first-order chi connectivity index (χ1) is 9.49. The molecule has 1 aliphatic rings. The van der Waals surface area contributed by atoms with Crippen LogP contribution in [-0.4, -0.2) is 37.7 Å². The van der Waals surface area contributed by atoms with Crippen LogP contribution in [0.4, 0.5) is 15.8 Å². The Morgan fingerprint density at radius 2 is 2.30 bits per heavy atom. The molecule has 1 aromatic carbocycles. The average Bonchev–Trinajstić information content (AvgIpc) is 2.38. The van der Waals surface area contributed by atoms with E-state index < -0.39 is 11.9 Å². The fraction of sp³-hybridized carbons (Fsp3) is 0.500. The molecule has 1 amide bonds. The Kier molecular flexibility index (Phi) is 4.44. The summed E-state index contributed by atoms with van der Waals surface area (Å²) in [5.74, 6) is -0.579. The summed E-state index contributed by atoms with van der Waals surface area (Å²) in [4.78, 5) is 13.9. The number of hydrogen-bond acceptors (Lipinski definition) is 4. The lowest BCUT2D eigenvalue weighted by Gasteiger charge is -2.36. The Morgan fingerprint density at radius 3 is 2.95 bits per heavy atom.